The van der Waals surface area contributed by atoms with Crippen LogP contribution in [0, 0.1) is 0 Å². The summed E-state index contributed by atoms with van der Waals surface area (Å²) in [5.41, 5.74) is 1.73. The number of carbonyl (C=O) groups is 1. The summed E-state index contributed by atoms with van der Waals surface area (Å²) in [5, 5.41) is 0. The van der Waals surface area contributed by atoms with Crippen molar-refractivity contribution in [3.63, 3.8) is 0 Å². The van der Waals surface area contributed by atoms with Gasteiger partial charge in [-0.15, -0.1) is 11.3 Å². The topological polar surface area (TPSA) is 30.0 Å². The number of thiazole rings is 1. The minimum absolute atomic E-state index is 0.0705. The Morgan fingerprint density at radius 2 is 2.05 bits per heavy atom. The third kappa shape index (κ3) is 2.80. The van der Waals surface area contributed by atoms with Crippen LogP contribution in [0.1, 0.15) is 17.3 Å². The van der Waals surface area contributed by atoms with E-state index in [-0.39, 0.29) is 5.78 Å². The molecule has 0 saturated carbocycles. The van der Waals surface area contributed by atoms with E-state index in [0.29, 0.717) is 0 Å². The molecule has 3 aromatic rings. The molecule has 1 heterocycles. The van der Waals surface area contributed by atoms with Gasteiger partial charge in [0, 0.05) is 14.9 Å². The Morgan fingerprint density at radius 1 is 1.25 bits per heavy atom. The van der Waals surface area contributed by atoms with Gasteiger partial charge in [0.2, 0.25) is 0 Å². The van der Waals surface area contributed by atoms with Gasteiger partial charge in [0.05, 0.1) is 10.2 Å². The molecule has 0 aliphatic rings. The molecule has 0 radical (unpaired) electrons. The predicted octanol–water partition coefficient (Wildman–Crippen LogP) is 5.41. The van der Waals surface area contributed by atoms with Gasteiger partial charge < -0.3 is 0 Å². The molecule has 2 nitrogen and oxygen atoms in total. The molecule has 0 aliphatic carbocycles. The molecule has 0 N–H and O–H groups in total. The van der Waals surface area contributed by atoms with Crippen molar-refractivity contribution in [2.75, 3.05) is 0 Å². The van der Waals surface area contributed by atoms with E-state index in [1.165, 1.54) is 11.8 Å². The first-order valence-electron chi connectivity index (χ1n) is 5.97. The average Bonchev–Trinajstić information content (AvgIpc) is 2.80. The van der Waals surface area contributed by atoms with Gasteiger partial charge >= 0.3 is 0 Å². The van der Waals surface area contributed by atoms with Crippen LogP contribution in [0.4, 0.5) is 0 Å². The quantitative estimate of drug-likeness (QED) is 0.582. The van der Waals surface area contributed by atoms with E-state index in [0.717, 1.165) is 29.5 Å². The molecule has 0 amide bonds. The molecular weight excluding hydrogens is 354 g/mol. The maximum atomic E-state index is 11.7. The second kappa shape index (κ2) is 5.68. The normalized spacial score (nSPS) is 10.9. The van der Waals surface area contributed by atoms with E-state index >= 15 is 0 Å². The van der Waals surface area contributed by atoms with Crippen LogP contribution in [0.5, 0.6) is 0 Å². The number of Topliss-reactive ketones (excluding diaryl/α,β-unsaturated/α-hetero) is 1. The Kier molecular flexibility index (Phi) is 3.92. The van der Waals surface area contributed by atoms with Gasteiger partial charge in [-0.2, -0.15) is 0 Å². The summed E-state index contributed by atoms with van der Waals surface area (Å²) >= 11 is 6.63. The summed E-state index contributed by atoms with van der Waals surface area (Å²) < 4.78 is 3.08. The van der Waals surface area contributed by atoms with Gasteiger partial charge in [-0.05, 0) is 37.3 Å². The first-order chi connectivity index (χ1) is 9.63. The third-order valence-corrected chi connectivity index (χ3v) is 5.44. The highest BCUT2D eigenvalue weighted by Gasteiger charge is 2.12. The lowest BCUT2D eigenvalue weighted by Gasteiger charge is -2.05. The Morgan fingerprint density at radius 3 is 2.80 bits per heavy atom. The van der Waals surface area contributed by atoms with Gasteiger partial charge in [-0.3, -0.25) is 4.79 Å². The van der Waals surface area contributed by atoms with Crippen LogP contribution in [0.3, 0.4) is 0 Å². The maximum absolute atomic E-state index is 11.7. The maximum Gasteiger partial charge on any atom is 0.160 e. The monoisotopic (exact) mass is 363 g/mol. The standard InChI is InChI=1S/C15H10BrNOS2/c1-9(18)11-7-6-10(16)8-14(11)20-15-17-12-4-2-3-5-13(12)19-15/h2-8H,1H3. The highest BCUT2D eigenvalue weighted by molar-refractivity contribution is 9.10. The molecule has 3 rings (SSSR count). The number of benzene rings is 2. The lowest BCUT2D eigenvalue weighted by Crippen LogP contribution is -1.94. The first kappa shape index (κ1) is 13.8. The molecule has 1 aromatic heterocycles. The fraction of sp³-hybridized carbons (Fsp3) is 0.0667. The number of hydrogen-bond acceptors (Lipinski definition) is 4. The van der Waals surface area contributed by atoms with Crippen molar-refractivity contribution in [1.29, 1.82) is 0 Å². The molecule has 0 saturated heterocycles. The van der Waals surface area contributed by atoms with Crippen molar-refractivity contribution in [3.8, 4) is 0 Å². The predicted molar refractivity (Wildman–Crippen MR) is 87.9 cm³/mol. The van der Waals surface area contributed by atoms with Gasteiger partial charge in [0.1, 0.15) is 0 Å². The molecule has 5 heteroatoms. The molecule has 0 aliphatic heterocycles. The lowest BCUT2D eigenvalue weighted by molar-refractivity contribution is 0.101. The summed E-state index contributed by atoms with van der Waals surface area (Å²) in [5.74, 6) is 0.0705. The molecule has 0 unspecified atom stereocenters. The van der Waals surface area contributed by atoms with E-state index in [1.54, 1.807) is 18.3 Å². The Hall–Kier alpha value is -1.17. The highest BCUT2D eigenvalue weighted by Crippen LogP contribution is 2.37. The van der Waals surface area contributed by atoms with Crippen LogP contribution in [0.25, 0.3) is 10.2 Å². The zero-order valence-corrected chi connectivity index (χ0v) is 13.8. The number of carbonyl (C=O) groups excluding carboxylic acids is 1. The van der Waals surface area contributed by atoms with Crippen molar-refractivity contribution in [2.45, 2.75) is 16.2 Å². The molecule has 100 valence electrons. The van der Waals surface area contributed by atoms with Crippen molar-refractivity contribution < 1.29 is 4.79 Å². The smallest absolute Gasteiger partial charge is 0.160 e. The number of nitrogens with zero attached hydrogens (tertiary/aromatic N) is 1. The zero-order valence-electron chi connectivity index (χ0n) is 10.6. The van der Waals surface area contributed by atoms with Crippen LogP contribution in [-0.2, 0) is 0 Å². The molecular formula is C15H10BrNOS2. The SMILES string of the molecule is CC(=O)c1ccc(Br)cc1Sc1nc2ccccc2s1. The summed E-state index contributed by atoms with van der Waals surface area (Å²) in [6.45, 7) is 1.59. The third-order valence-electron chi connectivity index (χ3n) is 2.79. The van der Waals surface area contributed by atoms with Gasteiger partial charge in [0.25, 0.3) is 0 Å². The average molecular weight is 364 g/mol. The molecule has 0 atom stereocenters. The molecule has 0 fully saturated rings. The van der Waals surface area contributed by atoms with Crippen molar-refractivity contribution >= 4 is 55.0 Å². The van der Waals surface area contributed by atoms with Crippen LogP contribution in [0.2, 0.25) is 0 Å². The van der Waals surface area contributed by atoms with Crippen LogP contribution in [-0.4, -0.2) is 10.8 Å². The molecule has 0 spiro atoms. The summed E-state index contributed by atoms with van der Waals surface area (Å²) in [6.07, 6.45) is 0. The molecule has 2 aromatic carbocycles. The summed E-state index contributed by atoms with van der Waals surface area (Å²) in [4.78, 5) is 17.2. The fourth-order valence-corrected chi connectivity index (χ4v) is 4.61. The van der Waals surface area contributed by atoms with Crippen molar-refractivity contribution in [3.05, 3.63) is 52.5 Å². The number of ketones is 1. The largest absolute Gasteiger partial charge is 0.294 e. The van der Waals surface area contributed by atoms with Gasteiger partial charge in [-0.25, -0.2) is 4.98 Å². The summed E-state index contributed by atoms with van der Waals surface area (Å²) in [7, 11) is 0. The zero-order chi connectivity index (χ0) is 14.1. The van der Waals surface area contributed by atoms with Crippen LogP contribution >= 0.6 is 39.0 Å². The minimum Gasteiger partial charge on any atom is -0.294 e. The van der Waals surface area contributed by atoms with E-state index in [4.69, 9.17) is 0 Å². The minimum atomic E-state index is 0.0705. The molecule has 20 heavy (non-hydrogen) atoms. The first-order valence-corrected chi connectivity index (χ1v) is 8.40. The van der Waals surface area contributed by atoms with E-state index in [9.17, 15) is 4.79 Å². The van der Waals surface area contributed by atoms with Crippen LogP contribution in [0.15, 0.2) is 56.2 Å². The second-order valence-corrected chi connectivity index (χ2v) is 7.48. The number of rotatable bonds is 3. The van der Waals surface area contributed by atoms with Crippen molar-refractivity contribution in [2.24, 2.45) is 0 Å². The van der Waals surface area contributed by atoms with Gasteiger partial charge in [-0.1, -0.05) is 39.8 Å². The van der Waals surface area contributed by atoms with Crippen LogP contribution < -0.4 is 0 Å². The van der Waals surface area contributed by atoms with Crippen molar-refractivity contribution in [1.82, 2.24) is 4.98 Å². The van der Waals surface area contributed by atoms with E-state index in [1.807, 2.05) is 36.4 Å². The highest BCUT2D eigenvalue weighted by atomic mass is 79.9. The summed E-state index contributed by atoms with van der Waals surface area (Å²) in [6, 6.07) is 13.8. The second-order valence-electron chi connectivity index (χ2n) is 4.25. The van der Waals surface area contributed by atoms with E-state index < -0.39 is 0 Å². The Labute approximate surface area is 133 Å². The lowest BCUT2D eigenvalue weighted by atomic mass is 10.1. The number of halogens is 1. The van der Waals surface area contributed by atoms with Gasteiger partial charge in [0.15, 0.2) is 10.1 Å². The number of fused-ring (bicyclic) bond motifs is 1. The number of para-hydroxylation sites is 1. The number of aromatic nitrogens is 1. The Bertz CT molecular complexity index is 764. The van der Waals surface area contributed by atoms with E-state index in [2.05, 4.69) is 27.0 Å². The number of hydrogen-bond donors (Lipinski definition) is 0. The fourth-order valence-electron chi connectivity index (χ4n) is 1.86. The Balaban J connectivity index is 2.01. The molecule has 0 bridgehead atoms.